The predicted octanol–water partition coefficient (Wildman–Crippen LogP) is -0.683. The van der Waals surface area contributed by atoms with Gasteiger partial charge in [-0.25, -0.2) is 14.5 Å². The number of nitrogens with zero attached hydrogens (tertiary/aromatic N) is 2. The number of carbonyl (C=O) groups excluding carboxylic acids is 1. The standard InChI is InChI=1S/C4H3N3O2S/c8-2-1-10-4-6-5-3(9)7(2)4/h1H2,(H,5,9). The second-order valence-electron chi connectivity index (χ2n) is 1.83. The van der Waals surface area contributed by atoms with Crippen LogP contribution in [0.5, 0.6) is 0 Å². The molecule has 0 amide bonds. The molecule has 0 atom stereocenters. The van der Waals surface area contributed by atoms with E-state index in [4.69, 9.17) is 0 Å². The maximum atomic E-state index is 10.8. The van der Waals surface area contributed by atoms with E-state index in [1.807, 2.05) is 0 Å². The summed E-state index contributed by atoms with van der Waals surface area (Å²) < 4.78 is 1.05. The first-order chi connectivity index (χ1) is 4.79. The highest BCUT2D eigenvalue weighted by molar-refractivity contribution is 8.00. The summed E-state index contributed by atoms with van der Waals surface area (Å²) in [5, 5.41) is 6.27. The molecule has 1 N–H and O–H groups in total. The Labute approximate surface area is 59.4 Å². The second kappa shape index (κ2) is 1.72. The quantitative estimate of drug-likeness (QED) is 0.541. The fraction of sp³-hybridized carbons (Fsp3) is 0.250. The maximum absolute atomic E-state index is 10.8. The van der Waals surface area contributed by atoms with Crippen LogP contribution in [0.1, 0.15) is 4.79 Å². The second-order valence-corrected chi connectivity index (χ2v) is 2.77. The zero-order chi connectivity index (χ0) is 7.14. The smallest absolute Gasteiger partial charge is 0.273 e. The summed E-state index contributed by atoms with van der Waals surface area (Å²) in [6, 6.07) is 0. The zero-order valence-corrected chi connectivity index (χ0v) is 5.64. The average Bonchev–Trinajstić information content (AvgIpc) is 2.40. The first-order valence-corrected chi connectivity index (χ1v) is 3.61. The normalized spacial score (nSPS) is 15.8. The molecule has 6 heteroatoms. The van der Waals surface area contributed by atoms with Crippen molar-refractivity contribution in [2.45, 2.75) is 5.16 Å². The molecule has 52 valence electrons. The zero-order valence-electron chi connectivity index (χ0n) is 4.83. The van der Waals surface area contributed by atoms with E-state index in [2.05, 4.69) is 10.2 Å². The molecule has 1 aromatic rings. The van der Waals surface area contributed by atoms with Crippen molar-refractivity contribution in [3.63, 3.8) is 0 Å². The van der Waals surface area contributed by atoms with Crippen LogP contribution < -0.4 is 5.69 Å². The van der Waals surface area contributed by atoms with E-state index >= 15 is 0 Å². The van der Waals surface area contributed by atoms with Gasteiger partial charge in [0.05, 0.1) is 5.75 Å². The largest absolute Gasteiger partial charge is 0.350 e. The minimum absolute atomic E-state index is 0.196. The van der Waals surface area contributed by atoms with Gasteiger partial charge in [0.25, 0.3) is 0 Å². The molecule has 0 aromatic carbocycles. The third-order valence-corrected chi connectivity index (χ3v) is 2.14. The number of thioether (sulfide) groups is 1. The maximum Gasteiger partial charge on any atom is 0.350 e. The molecule has 10 heavy (non-hydrogen) atoms. The highest BCUT2D eigenvalue weighted by atomic mass is 32.2. The highest BCUT2D eigenvalue weighted by Crippen LogP contribution is 2.19. The topological polar surface area (TPSA) is 67.8 Å². The van der Waals surface area contributed by atoms with E-state index in [0.29, 0.717) is 10.9 Å². The summed E-state index contributed by atoms with van der Waals surface area (Å²) in [6.07, 6.45) is 0. The van der Waals surface area contributed by atoms with Gasteiger partial charge >= 0.3 is 5.69 Å². The van der Waals surface area contributed by atoms with Crippen LogP contribution in [0.4, 0.5) is 0 Å². The van der Waals surface area contributed by atoms with Gasteiger partial charge in [0.1, 0.15) is 0 Å². The van der Waals surface area contributed by atoms with Gasteiger partial charge in [0.15, 0.2) is 5.16 Å². The van der Waals surface area contributed by atoms with Crippen LogP contribution in [0.15, 0.2) is 9.95 Å². The number of hydrogen-bond donors (Lipinski definition) is 1. The Morgan fingerprint density at radius 1 is 1.60 bits per heavy atom. The number of aromatic nitrogens is 3. The number of hydrogen-bond acceptors (Lipinski definition) is 4. The van der Waals surface area contributed by atoms with Gasteiger partial charge < -0.3 is 0 Å². The monoisotopic (exact) mass is 157 g/mol. The third-order valence-electron chi connectivity index (χ3n) is 1.22. The van der Waals surface area contributed by atoms with Gasteiger partial charge in [0.2, 0.25) is 5.91 Å². The molecule has 0 bridgehead atoms. The number of rotatable bonds is 0. The number of carbonyl (C=O) groups is 1. The van der Waals surface area contributed by atoms with Gasteiger partial charge in [-0.3, -0.25) is 4.79 Å². The van der Waals surface area contributed by atoms with Crippen LogP contribution in [0.2, 0.25) is 0 Å². The van der Waals surface area contributed by atoms with Gasteiger partial charge in [-0.2, -0.15) is 0 Å². The number of aromatic amines is 1. The number of H-pyrrole nitrogens is 1. The summed E-state index contributed by atoms with van der Waals surface area (Å²) in [4.78, 5) is 21.6. The third kappa shape index (κ3) is 0.563. The Balaban J connectivity index is 2.77. The Kier molecular flexibility index (Phi) is 0.986. The first kappa shape index (κ1) is 5.72. The fourth-order valence-corrected chi connectivity index (χ4v) is 1.60. The molecule has 0 unspecified atom stereocenters. The average molecular weight is 157 g/mol. The van der Waals surface area contributed by atoms with Crippen LogP contribution >= 0.6 is 11.8 Å². The molecule has 0 saturated heterocycles. The van der Waals surface area contributed by atoms with Crippen molar-refractivity contribution in [1.82, 2.24) is 14.8 Å². The predicted molar refractivity (Wildman–Crippen MR) is 34.2 cm³/mol. The Hall–Kier alpha value is -1.04. The van der Waals surface area contributed by atoms with Crippen LogP contribution in [-0.2, 0) is 0 Å². The van der Waals surface area contributed by atoms with E-state index in [1.54, 1.807) is 0 Å². The van der Waals surface area contributed by atoms with Crippen molar-refractivity contribution in [1.29, 1.82) is 0 Å². The molecule has 0 saturated carbocycles. The van der Waals surface area contributed by atoms with Crippen molar-refractivity contribution in [2.75, 3.05) is 5.75 Å². The van der Waals surface area contributed by atoms with Crippen molar-refractivity contribution in [2.24, 2.45) is 0 Å². The van der Waals surface area contributed by atoms with Gasteiger partial charge in [-0.15, -0.1) is 5.10 Å². The Morgan fingerprint density at radius 2 is 2.40 bits per heavy atom. The molecule has 0 radical (unpaired) electrons. The SMILES string of the molecule is O=C1CSc2n[nH]c(=O)n21. The lowest BCUT2D eigenvalue weighted by molar-refractivity contribution is 0.0935. The molecule has 1 aliphatic rings. The number of nitrogens with one attached hydrogen (secondary N) is 1. The Morgan fingerprint density at radius 3 is 3.10 bits per heavy atom. The summed E-state index contributed by atoms with van der Waals surface area (Å²) in [5.74, 6) is 0.130. The molecule has 1 aliphatic heterocycles. The molecule has 0 fully saturated rings. The lowest BCUT2D eigenvalue weighted by Gasteiger charge is -1.82. The van der Waals surface area contributed by atoms with Gasteiger partial charge in [0, 0.05) is 0 Å². The van der Waals surface area contributed by atoms with E-state index in [1.165, 1.54) is 11.8 Å². The molecule has 2 heterocycles. The Bertz CT molecular complexity index is 339. The first-order valence-electron chi connectivity index (χ1n) is 2.62. The minimum Gasteiger partial charge on any atom is -0.273 e. The lowest BCUT2D eigenvalue weighted by Crippen LogP contribution is -2.22. The molecular formula is C4H3N3O2S. The lowest BCUT2D eigenvalue weighted by atomic mass is 10.7. The molecule has 5 nitrogen and oxygen atoms in total. The van der Waals surface area contributed by atoms with Crippen LogP contribution in [0.3, 0.4) is 0 Å². The number of fused-ring (bicyclic) bond motifs is 1. The molecule has 0 spiro atoms. The van der Waals surface area contributed by atoms with Crippen molar-refractivity contribution >= 4 is 17.7 Å². The summed E-state index contributed by atoms with van der Waals surface area (Å²) in [5.41, 5.74) is -0.440. The van der Waals surface area contributed by atoms with E-state index in [0.717, 1.165) is 4.57 Å². The highest BCUT2D eigenvalue weighted by Gasteiger charge is 2.23. The molecular weight excluding hydrogens is 154 g/mol. The van der Waals surface area contributed by atoms with E-state index < -0.39 is 5.69 Å². The van der Waals surface area contributed by atoms with Crippen LogP contribution in [0.25, 0.3) is 0 Å². The van der Waals surface area contributed by atoms with Crippen molar-refractivity contribution < 1.29 is 4.79 Å². The molecule has 2 rings (SSSR count). The van der Waals surface area contributed by atoms with Crippen LogP contribution in [0, 0.1) is 0 Å². The molecule has 1 aromatic heterocycles. The summed E-state index contributed by atoms with van der Waals surface area (Å²) in [6.45, 7) is 0. The van der Waals surface area contributed by atoms with Gasteiger partial charge in [-0.05, 0) is 0 Å². The minimum atomic E-state index is -0.440. The molecule has 0 aliphatic carbocycles. The van der Waals surface area contributed by atoms with Crippen molar-refractivity contribution in [3.8, 4) is 0 Å². The van der Waals surface area contributed by atoms with E-state index in [9.17, 15) is 9.59 Å². The summed E-state index contributed by atoms with van der Waals surface area (Å²) in [7, 11) is 0. The van der Waals surface area contributed by atoms with E-state index in [-0.39, 0.29) is 5.91 Å². The van der Waals surface area contributed by atoms with Crippen LogP contribution in [-0.4, -0.2) is 26.4 Å². The fourth-order valence-electron chi connectivity index (χ4n) is 0.790. The summed E-state index contributed by atoms with van der Waals surface area (Å²) >= 11 is 1.27. The van der Waals surface area contributed by atoms with Crippen molar-refractivity contribution in [3.05, 3.63) is 10.5 Å². The van der Waals surface area contributed by atoms with Gasteiger partial charge in [-0.1, -0.05) is 11.8 Å².